The smallest absolute Gasteiger partial charge is 0.338 e. The average molecular weight is 399 g/mol. The lowest BCUT2D eigenvalue weighted by atomic mass is 10.2. The number of unbranched alkanes of at least 4 members (excludes halogenated alkanes) is 1. The molecule has 1 rings (SSSR count). The number of alkyl halides is 1. The molecule has 0 heterocycles. The van der Waals surface area contributed by atoms with Crippen LogP contribution >= 0.6 is 27.5 Å². The van der Waals surface area contributed by atoms with Gasteiger partial charge in [-0.3, -0.25) is 4.72 Å². The Morgan fingerprint density at radius 1 is 1.38 bits per heavy atom. The van der Waals surface area contributed by atoms with Crippen LogP contribution in [0.25, 0.3) is 0 Å². The highest BCUT2D eigenvalue weighted by molar-refractivity contribution is 9.10. The number of ether oxygens (including phenoxy) is 1. The second-order valence-electron chi connectivity index (χ2n) is 4.23. The Labute approximate surface area is 138 Å². The molecule has 0 saturated carbocycles. The number of sulfonamides is 1. The first-order chi connectivity index (χ1) is 9.89. The highest BCUT2D eigenvalue weighted by Gasteiger charge is 2.14. The number of hydrogen-bond donors (Lipinski definition) is 1. The van der Waals surface area contributed by atoms with Crippen LogP contribution in [0.1, 0.15) is 30.1 Å². The van der Waals surface area contributed by atoms with Crippen LogP contribution in [0.2, 0.25) is 0 Å². The first kappa shape index (κ1) is 18.3. The number of rotatable bonds is 8. The monoisotopic (exact) mass is 397 g/mol. The van der Waals surface area contributed by atoms with Crippen LogP contribution in [0.15, 0.2) is 22.7 Å². The highest BCUT2D eigenvalue weighted by Crippen LogP contribution is 2.25. The molecule has 21 heavy (non-hydrogen) atoms. The van der Waals surface area contributed by atoms with E-state index in [2.05, 4.69) is 20.7 Å². The van der Waals surface area contributed by atoms with Gasteiger partial charge >= 0.3 is 5.97 Å². The summed E-state index contributed by atoms with van der Waals surface area (Å²) in [6.07, 6.45) is 1.14. The Morgan fingerprint density at radius 3 is 2.67 bits per heavy atom. The fourth-order valence-electron chi connectivity index (χ4n) is 1.54. The highest BCUT2D eigenvalue weighted by atomic mass is 79.9. The molecular weight excluding hydrogens is 382 g/mol. The summed E-state index contributed by atoms with van der Waals surface area (Å²) >= 11 is 8.77. The Balaban J connectivity index is 2.79. The second kappa shape index (κ2) is 8.60. The minimum atomic E-state index is -3.43. The van der Waals surface area contributed by atoms with Crippen molar-refractivity contribution in [2.45, 2.75) is 19.8 Å². The molecule has 0 unspecified atom stereocenters. The summed E-state index contributed by atoms with van der Waals surface area (Å²) in [6, 6.07) is 4.56. The van der Waals surface area contributed by atoms with Crippen molar-refractivity contribution in [3.8, 4) is 0 Å². The zero-order chi connectivity index (χ0) is 15.9. The van der Waals surface area contributed by atoms with E-state index in [1.807, 2.05) is 0 Å². The third-order valence-corrected chi connectivity index (χ3v) is 4.82. The van der Waals surface area contributed by atoms with Crippen molar-refractivity contribution >= 4 is 49.2 Å². The first-order valence-electron chi connectivity index (χ1n) is 6.42. The van der Waals surface area contributed by atoms with Gasteiger partial charge in [0.1, 0.15) is 0 Å². The second-order valence-corrected chi connectivity index (χ2v) is 7.31. The molecule has 5 nitrogen and oxygen atoms in total. The van der Waals surface area contributed by atoms with E-state index in [0.29, 0.717) is 34.4 Å². The number of nitrogens with one attached hydrogen (secondary N) is 1. The number of anilines is 1. The molecular formula is C13H17BrClNO4S. The summed E-state index contributed by atoms with van der Waals surface area (Å²) in [5.74, 6) is -0.00564. The van der Waals surface area contributed by atoms with Gasteiger partial charge in [0.25, 0.3) is 0 Å². The van der Waals surface area contributed by atoms with Crippen molar-refractivity contribution in [1.29, 1.82) is 0 Å². The lowest BCUT2D eigenvalue weighted by Gasteiger charge is -2.10. The average Bonchev–Trinajstić information content (AvgIpc) is 2.41. The largest absolute Gasteiger partial charge is 0.462 e. The number of carbonyl (C=O) groups excluding carboxylic acids is 1. The van der Waals surface area contributed by atoms with Crippen molar-refractivity contribution in [3.05, 3.63) is 28.2 Å². The molecule has 0 aliphatic carbocycles. The van der Waals surface area contributed by atoms with E-state index in [-0.39, 0.29) is 12.4 Å². The van der Waals surface area contributed by atoms with Gasteiger partial charge in [0, 0.05) is 10.4 Å². The number of esters is 1. The van der Waals surface area contributed by atoms with Gasteiger partial charge in [0.05, 0.1) is 23.6 Å². The van der Waals surface area contributed by atoms with E-state index in [1.54, 1.807) is 6.92 Å². The fourth-order valence-corrected chi connectivity index (χ4v) is 3.54. The molecule has 0 radical (unpaired) electrons. The lowest BCUT2D eigenvalue weighted by molar-refractivity contribution is 0.0526. The van der Waals surface area contributed by atoms with Gasteiger partial charge in [0.15, 0.2) is 0 Å². The number of benzene rings is 1. The minimum Gasteiger partial charge on any atom is -0.462 e. The standard InChI is InChI=1S/C13H17BrClNO4S/c1-2-20-13(17)10-5-6-12(11(14)9-10)16-21(18,19)8-4-3-7-15/h5-6,9,16H,2-4,7-8H2,1H3. The quantitative estimate of drug-likeness (QED) is 0.414. The summed E-state index contributed by atoms with van der Waals surface area (Å²) in [4.78, 5) is 11.6. The Morgan fingerprint density at radius 2 is 2.10 bits per heavy atom. The predicted octanol–water partition coefficient (Wildman–Crippen LogP) is 3.39. The fraction of sp³-hybridized carbons (Fsp3) is 0.462. The summed E-state index contributed by atoms with van der Waals surface area (Å²) in [5, 5.41) is 0. The summed E-state index contributed by atoms with van der Waals surface area (Å²) in [5.41, 5.74) is 0.739. The van der Waals surface area contributed by atoms with Gasteiger partial charge in [-0.2, -0.15) is 0 Å². The molecule has 0 aliphatic heterocycles. The normalized spacial score (nSPS) is 11.2. The van der Waals surface area contributed by atoms with Crippen molar-refractivity contribution in [3.63, 3.8) is 0 Å². The van der Waals surface area contributed by atoms with E-state index in [0.717, 1.165) is 0 Å². The Kier molecular flexibility index (Phi) is 7.48. The maximum Gasteiger partial charge on any atom is 0.338 e. The molecule has 0 amide bonds. The third-order valence-electron chi connectivity index (χ3n) is 2.54. The molecule has 1 aromatic carbocycles. The third kappa shape index (κ3) is 6.23. The van der Waals surface area contributed by atoms with Gasteiger partial charge in [0.2, 0.25) is 10.0 Å². The molecule has 118 valence electrons. The van der Waals surface area contributed by atoms with Crippen LogP contribution in [0.4, 0.5) is 5.69 Å². The van der Waals surface area contributed by atoms with Gasteiger partial charge in [-0.15, -0.1) is 11.6 Å². The maximum atomic E-state index is 11.9. The van der Waals surface area contributed by atoms with E-state index < -0.39 is 16.0 Å². The topological polar surface area (TPSA) is 72.5 Å². The summed E-state index contributed by atoms with van der Waals surface area (Å²) in [6.45, 7) is 2.00. The molecule has 0 spiro atoms. The number of carbonyl (C=O) groups is 1. The van der Waals surface area contributed by atoms with Crippen molar-refractivity contribution < 1.29 is 17.9 Å². The van der Waals surface area contributed by atoms with Gasteiger partial charge in [-0.1, -0.05) is 0 Å². The molecule has 0 fully saturated rings. The van der Waals surface area contributed by atoms with Gasteiger partial charge < -0.3 is 4.74 Å². The lowest BCUT2D eigenvalue weighted by Crippen LogP contribution is -2.17. The van der Waals surface area contributed by atoms with Crippen molar-refractivity contribution in [2.75, 3.05) is 23.0 Å². The molecule has 0 atom stereocenters. The predicted molar refractivity (Wildman–Crippen MR) is 87.5 cm³/mol. The first-order valence-corrected chi connectivity index (χ1v) is 9.40. The van der Waals surface area contributed by atoms with Crippen LogP contribution in [-0.4, -0.2) is 32.6 Å². The van der Waals surface area contributed by atoms with E-state index >= 15 is 0 Å². The zero-order valence-corrected chi connectivity index (χ0v) is 14.7. The van der Waals surface area contributed by atoms with Crippen LogP contribution in [0.5, 0.6) is 0 Å². The van der Waals surface area contributed by atoms with E-state index in [4.69, 9.17) is 16.3 Å². The molecule has 1 N–H and O–H groups in total. The van der Waals surface area contributed by atoms with E-state index in [9.17, 15) is 13.2 Å². The maximum absolute atomic E-state index is 11.9. The van der Waals surface area contributed by atoms with Crippen LogP contribution in [0.3, 0.4) is 0 Å². The molecule has 0 saturated heterocycles. The molecule has 0 aliphatic rings. The Hall–Kier alpha value is -0.790. The molecule has 8 heteroatoms. The Bertz CT molecular complexity index is 592. The molecule has 0 aromatic heterocycles. The number of halogens is 2. The van der Waals surface area contributed by atoms with Crippen LogP contribution in [-0.2, 0) is 14.8 Å². The van der Waals surface area contributed by atoms with Gasteiger partial charge in [-0.25, -0.2) is 13.2 Å². The summed E-state index contributed by atoms with van der Waals surface area (Å²) < 4.78 is 31.6. The van der Waals surface area contributed by atoms with Crippen molar-refractivity contribution in [2.24, 2.45) is 0 Å². The minimum absolute atomic E-state index is 0.00574. The molecule has 0 bridgehead atoms. The van der Waals surface area contributed by atoms with E-state index in [1.165, 1.54) is 18.2 Å². The zero-order valence-electron chi connectivity index (χ0n) is 11.6. The summed E-state index contributed by atoms with van der Waals surface area (Å²) in [7, 11) is -3.43. The SMILES string of the molecule is CCOC(=O)c1ccc(NS(=O)(=O)CCCCCl)c(Br)c1. The van der Waals surface area contributed by atoms with Crippen LogP contribution in [0, 0.1) is 0 Å². The van der Waals surface area contributed by atoms with Gasteiger partial charge in [-0.05, 0) is 53.9 Å². The molecule has 1 aromatic rings. The van der Waals surface area contributed by atoms with Crippen LogP contribution < -0.4 is 4.72 Å². The van der Waals surface area contributed by atoms with Crippen molar-refractivity contribution in [1.82, 2.24) is 0 Å². The number of hydrogen-bond acceptors (Lipinski definition) is 4.